The van der Waals surface area contributed by atoms with Crippen molar-refractivity contribution in [2.75, 3.05) is 11.1 Å². The largest absolute Gasteiger partial charge is 0.418 e. The molecule has 2 rings (SSSR count). The van der Waals surface area contributed by atoms with Crippen molar-refractivity contribution in [3.8, 4) is 6.07 Å². The number of nitriles is 1. The number of nitro benzene ring substituents is 1. The number of aryl methyl sites for hydroxylation is 1. The Balaban J connectivity index is 2.19. The van der Waals surface area contributed by atoms with Crippen molar-refractivity contribution in [1.82, 2.24) is 10.2 Å². The highest BCUT2D eigenvalue weighted by molar-refractivity contribution is 8.00. The van der Waals surface area contributed by atoms with E-state index in [1.807, 2.05) is 6.07 Å². The van der Waals surface area contributed by atoms with E-state index in [0.717, 1.165) is 23.9 Å². The molecule has 1 heterocycles. The summed E-state index contributed by atoms with van der Waals surface area (Å²) >= 11 is 0.846. The number of nitro groups is 1. The van der Waals surface area contributed by atoms with E-state index in [1.165, 1.54) is 0 Å². The lowest BCUT2D eigenvalue weighted by Crippen LogP contribution is -2.18. The number of benzene rings is 1. The quantitative estimate of drug-likeness (QED) is 0.453. The first-order chi connectivity index (χ1) is 13.0. The van der Waals surface area contributed by atoms with Crippen molar-refractivity contribution >= 4 is 29.0 Å². The maximum Gasteiger partial charge on any atom is 0.418 e. The molecule has 0 saturated heterocycles. The average Bonchev–Trinajstić information content (AvgIpc) is 2.62. The van der Waals surface area contributed by atoms with Gasteiger partial charge < -0.3 is 5.32 Å². The Hall–Kier alpha value is -3.20. The van der Waals surface area contributed by atoms with E-state index in [2.05, 4.69) is 15.5 Å². The van der Waals surface area contributed by atoms with Crippen molar-refractivity contribution in [3.63, 3.8) is 0 Å². The normalized spacial score (nSPS) is 11.0. The number of carbonyl (C=O) groups is 1. The predicted molar refractivity (Wildman–Crippen MR) is 93.7 cm³/mol. The summed E-state index contributed by atoms with van der Waals surface area (Å²) in [7, 11) is 0. The molecule has 8 nitrogen and oxygen atoms in total. The molecule has 146 valence electrons. The number of thioether (sulfide) groups is 1. The van der Waals surface area contributed by atoms with Crippen LogP contribution in [0.3, 0.4) is 0 Å². The Morgan fingerprint density at radius 2 is 2.04 bits per heavy atom. The van der Waals surface area contributed by atoms with E-state index in [-0.39, 0.29) is 16.3 Å². The standard InChI is InChI=1S/C16H12F3N5O3S/c1-8-9(2)22-23-15(11(8)6-20)28-7-14(25)21-13-4-3-10(24(26)27)5-12(13)16(17,18)19/h3-5H,7H2,1-2H3,(H,21,25). The van der Waals surface area contributed by atoms with Gasteiger partial charge in [0.2, 0.25) is 5.91 Å². The summed E-state index contributed by atoms with van der Waals surface area (Å²) < 4.78 is 39.4. The van der Waals surface area contributed by atoms with Gasteiger partial charge in [0, 0.05) is 12.1 Å². The number of carbonyl (C=O) groups excluding carboxylic acids is 1. The molecule has 0 fully saturated rings. The molecule has 0 spiro atoms. The van der Waals surface area contributed by atoms with Gasteiger partial charge in [-0.3, -0.25) is 14.9 Å². The van der Waals surface area contributed by atoms with Crippen LogP contribution in [0, 0.1) is 35.3 Å². The zero-order valence-corrected chi connectivity index (χ0v) is 15.3. The number of rotatable bonds is 5. The summed E-state index contributed by atoms with van der Waals surface area (Å²) in [5.74, 6) is -1.13. The van der Waals surface area contributed by atoms with E-state index in [9.17, 15) is 33.3 Å². The van der Waals surface area contributed by atoms with Gasteiger partial charge in [-0.05, 0) is 25.5 Å². The fourth-order valence-electron chi connectivity index (χ4n) is 2.13. The summed E-state index contributed by atoms with van der Waals surface area (Å²) in [4.78, 5) is 21.8. The first-order valence-electron chi connectivity index (χ1n) is 7.57. The van der Waals surface area contributed by atoms with E-state index < -0.39 is 33.9 Å². The molecule has 2 aromatic rings. The van der Waals surface area contributed by atoms with Gasteiger partial charge in [-0.15, -0.1) is 5.10 Å². The number of nitrogens with one attached hydrogen (secondary N) is 1. The minimum atomic E-state index is -4.89. The molecule has 0 atom stereocenters. The highest BCUT2D eigenvalue weighted by Crippen LogP contribution is 2.37. The fourth-order valence-corrected chi connectivity index (χ4v) is 2.91. The molecule has 1 amide bonds. The summed E-state index contributed by atoms with van der Waals surface area (Å²) in [6, 6.07) is 3.99. The Labute approximate surface area is 160 Å². The summed E-state index contributed by atoms with van der Waals surface area (Å²) in [6.07, 6.45) is -4.89. The minimum absolute atomic E-state index is 0.181. The van der Waals surface area contributed by atoms with Gasteiger partial charge in [-0.25, -0.2) is 0 Å². The zero-order chi connectivity index (χ0) is 21.1. The lowest BCUT2D eigenvalue weighted by atomic mass is 10.1. The third-order valence-corrected chi connectivity index (χ3v) is 4.63. The SMILES string of the molecule is Cc1nnc(SCC(=O)Nc2ccc([N+](=O)[O-])cc2C(F)(F)F)c(C#N)c1C. The number of anilines is 1. The van der Waals surface area contributed by atoms with Crippen LogP contribution in [-0.2, 0) is 11.0 Å². The number of hydrogen-bond donors (Lipinski definition) is 1. The van der Waals surface area contributed by atoms with Crippen LogP contribution in [0.1, 0.15) is 22.4 Å². The number of aromatic nitrogens is 2. The lowest BCUT2D eigenvalue weighted by molar-refractivity contribution is -0.385. The average molecular weight is 411 g/mol. The van der Waals surface area contributed by atoms with Crippen LogP contribution in [0.2, 0.25) is 0 Å². The van der Waals surface area contributed by atoms with Crippen molar-refractivity contribution in [2.24, 2.45) is 0 Å². The van der Waals surface area contributed by atoms with Crippen LogP contribution in [0.25, 0.3) is 0 Å². The molecule has 1 aromatic carbocycles. The van der Waals surface area contributed by atoms with E-state index in [0.29, 0.717) is 17.3 Å². The van der Waals surface area contributed by atoms with Crippen LogP contribution in [0.4, 0.5) is 24.5 Å². The number of alkyl halides is 3. The smallest absolute Gasteiger partial charge is 0.325 e. The topological polar surface area (TPSA) is 122 Å². The number of hydrogen-bond acceptors (Lipinski definition) is 7. The molecular weight excluding hydrogens is 399 g/mol. The molecule has 0 aliphatic rings. The third-order valence-electron chi connectivity index (χ3n) is 3.67. The second-order valence-corrected chi connectivity index (χ2v) is 6.49. The first kappa shape index (κ1) is 21.1. The van der Waals surface area contributed by atoms with Gasteiger partial charge >= 0.3 is 6.18 Å². The lowest BCUT2D eigenvalue weighted by Gasteiger charge is -2.13. The summed E-state index contributed by atoms with van der Waals surface area (Å²) in [5.41, 5.74) is -1.30. The zero-order valence-electron chi connectivity index (χ0n) is 14.5. The van der Waals surface area contributed by atoms with Gasteiger partial charge in [0.15, 0.2) is 0 Å². The summed E-state index contributed by atoms with van der Waals surface area (Å²) in [5, 5.41) is 29.9. The maximum absolute atomic E-state index is 13.1. The molecule has 0 radical (unpaired) electrons. The monoisotopic (exact) mass is 411 g/mol. The molecule has 0 saturated carbocycles. The molecule has 1 aromatic heterocycles. The minimum Gasteiger partial charge on any atom is -0.325 e. The Kier molecular flexibility index (Phi) is 6.19. The highest BCUT2D eigenvalue weighted by atomic mass is 32.2. The number of halogens is 3. The summed E-state index contributed by atoms with van der Waals surface area (Å²) in [6.45, 7) is 3.33. The van der Waals surface area contributed by atoms with Crippen LogP contribution in [0.5, 0.6) is 0 Å². The molecule has 0 bridgehead atoms. The van der Waals surface area contributed by atoms with Crippen molar-refractivity contribution < 1.29 is 22.9 Å². The number of amides is 1. The molecule has 0 unspecified atom stereocenters. The number of nitrogens with zero attached hydrogens (tertiary/aromatic N) is 4. The predicted octanol–water partition coefficient (Wildman–Crippen LogP) is 3.62. The Morgan fingerprint density at radius 1 is 1.36 bits per heavy atom. The van der Waals surface area contributed by atoms with E-state index in [1.54, 1.807) is 13.8 Å². The fraction of sp³-hybridized carbons (Fsp3) is 0.250. The van der Waals surface area contributed by atoms with Crippen LogP contribution >= 0.6 is 11.8 Å². The van der Waals surface area contributed by atoms with Crippen LogP contribution in [0.15, 0.2) is 23.2 Å². The van der Waals surface area contributed by atoms with Gasteiger partial charge in [0.1, 0.15) is 11.1 Å². The van der Waals surface area contributed by atoms with E-state index >= 15 is 0 Å². The van der Waals surface area contributed by atoms with Gasteiger partial charge in [0.05, 0.1) is 33.2 Å². The Morgan fingerprint density at radius 3 is 2.61 bits per heavy atom. The second-order valence-electron chi connectivity index (χ2n) is 5.52. The molecule has 0 aliphatic carbocycles. The van der Waals surface area contributed by atoms with Crippen molar-refractivity contribution in [3.05, 3.63) is 50.7 Å². The van der Waals surface area contributed by atoms with Gasteiger partial charge in [-0.1, -0.05) is 11.8 Å². The van der Waals surface area contributed by atoms with Crippen LogP contribution < -0.4 is 5.32 Å². The second kappa shape index (κ2) is 8.22. The third kappa shape index (κ3) is 4.74. The Bertz CT molecular complexity index is 989. The molecule has 0 aliphatic heterocycles. The van der Waals surface area contributed by atoms with Crippen molar-refractivity contribution in [1.29, 1.82) is 5.26 Å². The first-order valence-corrected chi connectivity index (χ1v) is 8.55. The van der Waals surface area contributed by atoms with Gasteiger partial charge in [-0.2, -0.15) is 23.5 Å². The molecule has 12 heteroatoms. The maximum atomic E-state index is 13.1. The van der Waals surface area contributed by atoms with Gasteiger partial charge in [0.25, 0.3) is 5.69 Å². The highest BCUT2D eigenvalue weighted by Gasteiger charge is 2.35. The van der Waals surface area contributed by atoms with E-state index in [4.69, 9.17) is 0 Å². The van der Waals surface area contributed by atoms with Crippen LogP contribution in [-0.4, -0.2) is 26.8 Å². The molecular formula is C16H12F3N5O3S. The van der Waals surface area contributed by atoms with Crippen molar-refractivity contribution in [2.45, 2.75) is 25.0 Å². The number of non-ortho nitro benzene ring substituents is 1. The molecule has 28 heavy (non-hydrogen) atoms. The molecule has 1 N–H and O–H groups in total.